The Morgan fingerprint density at radius 1 is 1.16 bits per heavy atom. The summed E-state index contributed by atoms with van der Waals surface area (Å²) >= 11 is 0.631. The van der Waals surface area contributed by atoms with Crippen molar-refractivity contribution in [2.45, 2.75) is 18.7 Å². The molecule has 2 aromatic carbocycles. The standard InChI is InChI=1S/C23H22N2O10S2/c1-14(2)13-34-21(26)12-24-22(27)19(36-23(24)28)11-15-8-9-17(18(10-15)33-3)35-37(31,32)20-7-5-4-6-16(20)25(29)30/h4-11,14H,12-13H2,1-3H3/b19-11-. The van der Waals surface area contributed by atoms with Gasteiger partial charge in [-0.25, -0.2) is 0 Å². The highest BCUT2D eigenvalue weighted by molar-refractivity contribution is 8.18. The molecule has 0 radical (unpaired) electrons. The lowest BCUT2D eigenvalue weighted by molar-refractivity contribution is -0.387. The Morgan fingerprint density at radius 3 is 2.51 bits per heavy atom. The number of benzene rings is 2. The van der Waals surface area contributed by atoms with Crippen LogP contribution in [-0.2, 0) is 24.4 Å². The van der Waals surface area contributed by atoms with Gasteiger partial charge in [-0.3, -0.25) is 29.4 Å². The van der Waals surface area contributed by atoms with Crippen LogP contribution in [-0.4, -0.2) is 55.6 Å². The fraction of sp³-hybridized carbons (Fsp3) is 0.261. The average molecular weight is 551 g/mol. The highest BCUT2D eigenvalue weighted by atomic mass is 32.2. The molecule has 0 saturated carbocycles. The lowest BCUT2D eigenvalue weighted by Gasteiger charge is -2.13. The minimum Gasteiger partial charge on any atom is -0.493 e. The van der Waals surface area contributed by atoms with E-state index in [2.05, 4.69) is 0 Å². The van der Waals surface area contributed by atoms with Crippen LogP contribution in [0.2, 0.25) is 0 Å². The number of amides is 2. The summed E-state index contributed by atoms with van der Waals surface area (Å²) < 4.78 is 40.8. The number of hydrogen-bond donors (Lipinski definition) is 0. The molecule has 1 aliphatic heterocycles. The van der Waals surface area contributed by atoms with Gasteiger partial charge in [0, 0.05) is 6.07 Å². The second-order valence-electron chi connectivity index (χ2n) is 8.02. The van der Waals surface area contributed by atoms with Crippen molar-refractivity contribution in [2.24, 2.45) is 5.92 Å². The second-order valence-corrected chi connectivity index (χ2v) is 10.5. The van der Waals surface area contributed by atoms with Crippen LogP contribution in [0, 0.1) is 16.0 Å². The first-order chi connectivity index (χ1) is 17.4. The predicted molar refractivity (Wildman–Crippen MR) is 132 cm³/mol. The molecule has 1 saturated heterocycles. The van der Waals surface area contributed by atoms with Crippen LogP contribution in [0.5, 0.6) is 11.5 Å². The molecule has 3 rings (SSSR count). The first-order valence-corrected chi connectivity index (χ1v) is 12.9. The molecule has 0 unspecified atom stereocenters. The van der Waals surface area contributed by atoms with Crippen LogP contribution < -0.4 is 8.92 Å². The lowest BCUT2D eigenvalue weighted by Crippen LogP contribution is -2.34. The molecule has 0 spiro atoms. The minimum absolute atomic E-state index is 0.0323. The van der Waals surface area contributed by atoms with Gasteiger partial charge in [0.05, 0.1) is 23.5 Å². The van der Waals surface area contributed by atoms with E-state index in [1.807, 2.05) is 13.8 Å². The number of nitro groups is 1. The molecule has 1 fully saturated rings. The third-order valence-corrected chi connectivity index (χ3v) is 6.94. The Kier molecular flexibility index (Phi) is 8.55. The van der Waals surface area contributed by atoms with Gasteiger partial charge in [0.2, 0.25) is 0 Å². The zero-order chi connectivity index (χ0) is 27.3. The second kappa shape index (κ2) is 11.4. The molecule has 2 amide bonds. The van der Waals surface area contributed by atoms with Crippen molar-refractivity contribution in [3.63, 3.8) is 0 Å². The molecule has 0 aromatic heterocycles. The first kappa shape index (κ1) is 27.7. The monoisotopic (exact) mass is 550 g/mol. The molecule has 12 nitrogen and oxygen atoms in total. The van der Waals surface area contributed by atoms with Crippen molar-refractivity contribution in [1.82, 2.24) is 4.90 Å². The Bertz CT molecular complexity index is 1390. The average Bonchev–Trinajstić information content (AvgIpc) is 3.10. The molecular formula is C23H22N2O10S2. The van der Waals surface area contributed by atoms with Crippen LogP contribution in [0.4, 0.5) is 10.5 Å². The third kappa shape index (κ3) is 6.65. The number of carbonyl (C=O) groups is 3. The van der Waals surface area contributed by atoms with Gasteiger partial charge < -0.3 is 13.7 Å². The molecule has 0 atom stereocenters. The van der Waals surface area contributed by atoms with E-state index in [4.69, 9.17) is 13.7 Å². The maximum Gasteiger partial charge on any atom is 0.346 e. The number of carbonyl (C=O) groups excluding carboxylic acids is 3. The molecular weight excluding hydrogens is 528 g/mol. The van der Waals surface area contributed by atoms with Gasteiger partial charge in [0.15, 0.2) is 16.4 Å². The van der Waals surface area contributed by atoms with Gasteiger partial charge >= 0.3 is 16.1 Å². The van der Waals surface area contributed by atoms with Crippen molar-refractivity contribution in [3.05, 3.63) is 63.0 Å². The number of imide groups is 1. The molecule has 14 heteroatoms. The van der Waals surface area contributed by atoms with E-state index >= 15 is 0 Å². The summed E-state index contributed by atoms with van der Waals surface area (Å²) in [6.07, 6.45) is 1.37. The van der Waals surface area contributed by atoms with E-state index in [-0.39, 0.29) is 28.9 Å². The Balaban J connectivity index is 1.81. The molecule has 2 aromatic rings. The largest absolute Gasteiger partial charge is 0.493 e. The Hall–Kier alpha value is -3.91. The van der Waals surface area contributed by atoms with Crippen molar-refractivity contribution in [3.8, 4) is 11.5 Å². The van der Waals surface area contributed by atoms with Crippen molar-refractivity contribution in [1.29, 1.82) is 0 Å². The van der Waals surface area contributed by atoms with Crippen molar-refractivity contribution >= 4 is 50.8 Å². The summed E-state index contributed by atoms with van der Waals surface area (Å²) in [6.45, 7) is 3.34. The summed E-state index contributed by atoms with van der Waals surface area (Å²) in [4.78, 5) is 47.4. The lowest BCUT2D eigenvalue weighted by atomic mass is 10.2. The topological polar surface area (TPSA) is 159 Å². The van der Waals surface area contributed by atoms with Crippen LogP contribution in [0.25, 0.3) is 6.08 Å². The number of para-hydroxylation sites is 1. The van der Waals surface area contributed by atoms with E-state index in [0.29, 0.717) is 17.3 Å². The van der Waals surface area contributed by atoms with Crippen molar-refractivity contribution in [2.75, 3.05) is 20.3 Å². The van der Waals surface area contributed by atoms with Crippen molar-refractivity contribution < 1.29 is 41.4 Å². The van der Waals surface area contributed by atoms with Gasteiger partial charge in [-0.2, -0.15) is 8.42 Å². The first-order valence-electron chi connectivity index (χ1n) is 10.7. The minimum atomic E-state index is -4.59. The van der Waals surface area contributed by atoms with Gasteiger partial charge in [0.25, 0.3) is 16.8 Å². The van der Waals surface area contributed by atoms with Crippen LogP contribution in [0.3, 0.4) is 0 Å². The summed E-state index contributed by atoms with van der Waals surface area (Å²) in [6, 6.07) is 8.72. The maximum absolute atomic E-state index is 12.7. The normalized spacial score (nSPS) is 14.8. The number of nitrogens with zero attached hydrogens (tertiary/aromatic N) is 2. The van der Waals surface area contributed by atoms with Gasteiger partial charge in [-0.1, -0.05) is 32.0 Å². The zero-order valence-corrected chi connectivity index (χ0v) is 21.5. The van der Waals surface area contributed by atoms with Crippen LogP contribution >= 0.6 is 11.8 Å². The van der Waals surface area contributed by atoms with Crippen LogP contribution in [0.15, 0.2) is 52.3 Å². The fourth-order valence-corrected chi connectivity index (χ4v) is 4.99. The smallest absolute Gasteiger partial charge is 0.346 e. The zero-order valence-electron chi connectivity index (χ0n) is 19.9. The Labute approximate surface area is 216 Å². The van der Waals surface area contributed by atoms with Gasteiger partial charge in [-0.05, 0) is 47.5 Å². The van der Waals surface area contributed by atoms with Crippen LogP contribution in [0.1, 0.15) is 19.4 Å². The summed E-state index contributed by atoms with van der Waals surface area (Å²) in [5.74, 6) is -1.60. The van der Waals surface area contributed by atoms with E-state index in [9.17, 15) is 32.9 Å². The van der Waals surface area contributed by atoms with E-state index in [1.165, 1.54) is 43.5 Å². The number of hydrogen-bond acceptors (Lipinski definition) is 11. The third-order valence-electron chi connectivity index (χ3n) is 4.75. The van der Waals surface area contributed by atoms with Gasteiger partial charge in [0.1, 0.15) is 6.54 Å². The number of thioether (sulfide) groups is 1. The molecule has 0 N–H and O–H groups in total. The SMILES string of the molecule is COc1cc(/C=C2\SC(=O)N(CC(=O)OCC(C)C)C2=O)ccc1OS(=O)(=O)c1ccccc1[N+](=O)[O-]. The molecule has 196 valence electrons. The molecule has 1 aliphatic rings. The quantitative estimate of drug-likeness (QED) is 0.140. The van der Waals surface area contributed by atoms with E-state index < -0.39 is 49.3 Å². The number of rotatable bonds is 10. The number of ether oxygens (including phenoxy) is 2. The highest BCUT2D eigenvalue weighted by Crippen LogP contribution is 2.36. The highest BCUT2D eigenvalue weighted by Gasteiger charge is 2.37. The summed E-state index contributed by atoms with van der Waals surface area (Å²) in [5.41, 5.74) is -0.290. The molecule has 0 aliphatic carbocycles. The molecule has 37 heavy (non-hydrogen) atoms. The predicted octanol–water partition coefficient (Wildman–Crippen LogP) is 3.61. The van der Waals surface area contributed by atoms with Gasteiger partial charge in [-0.15, -0.1) is 0 Å². The number of nitro benzene ring substituents is 1. The van der Waals surface area contributed by atoms with E-state index in [1.54, 1.807) is 0 Å². The summed E-state index contributed by atoms with van der Waals surface area (Å²) in [5, 5.41) is 10.6. The fourth-order valence-electron chi connectivity index (χ4n) is 3.05. The van der Waals surface area contributed by atoms with E-state index in [0.717, 1.165) is 17.0 Å². The molecule has 1 heterocycles. The number of methoxy groups -OCH3 is 1. The summed E-state index contributed by atoms with van der Waals surface area (Å²) in [7, 11) is -3.34. The molecule has 0 bridgehead atoms. The Morgan fingerprint density at radius 2 is 1.86 bits per heavy atom. The number of esters is 1. The maximum atomic E-state index is 12.7.